The van der Waals surface area contributed by atoms with Crippen LogP contribution in [0.2, 0.25) is 0 Å². The number of rotatable bonds is 2. The Bertz CT molecular complexity index is 639. The maximum Gasteiger partial charge on any atom is 0.260 e. The van der Waals surface area contributed by atoms with Crippen LogP contribution in [-0.2, 0) is 4.74 Å². The zero-order valence-electron chi connectivity index (χ0n) is 14.7. The number of nitrogens with one attached hydrogen (secondary N) is 1. The third kappa shape index (κ3) is 3.70. The predicted molar refractivity (Wildman–Crippen MR) is 92.3 cm³/mol. The molecule has 1 aromatic heterocycles. The molecule has 132 valence electrons. The van der Waals surface area contributed by atoms with Crippen LogP contribution in [-0.4, -0.2) is 65.1 Å². The van der Waals surface area contributed by atoms with Gasteiger partial charge >= 0.3 is 0 Å². The number of ether oxygens (including phenoxy) is 1. The summed E-state index contributed by atoms with van der Waals surface area (Å²) in [7, 11) is 0. The Hall–Kier alpha value is -1.66. The zero-order valence-corrected chi connectivity index (χ0v) is 14.7. The van der Waals surface area contributed by atoms with Crippen LogP contribution in [0.3, 0.4) is 0 Å². The molecule has 1 N–H and O–H groups in total. The highest BCUT2D eigenvalue weighted by Gasteiger charge is 2.32. The van der Waals surface area contributed by atoms with E-state index in [1.54, 1.807) is 12.1 Å². The summed E-state index contributed by atoms with van der Waals surface area (Å²) >= 11 is 0. The fraction of sp³-hybridized carbons (Fsp3) is 0.667. The van der Waals surface area contributed by atoms with Crippen molar-refractivity contribution in [1.29, 1.82) is 0 Å². The topological polar surface area (TPSA) is 65.6 Å². The SMILES string of the molecule is Cc1ccc(C(=O)N2CCC(N3C[C@@H](C)O[C@@H](C)C3)CC2)c(=O)[nH]1. The number of hydrogen-bond acceptors (Lipinski definition) is 4. The first kappa shape index (κ1) is 17.2. The standard InChI is InChI=1S/C18H27N3O3/c1-12-4-5-16(17(22)19-12)18(23)20-8-6-15(7-9-20)21-10-13(2)24-14(3)11-21/h4-5,13-15H,6-11H2,1-3H3,(H,19,22)/t13-,14+. The highest BCUT2D eigenvalue weighted by molar-refractivity contribution is 5.93. The molecule has 1 aromatic rings. The highest BCUT2D eigenvalue weighted by atomic mass is 16.5. The molecule has 6 nitrogen and oxygen atoms in total. The van der Waals surface area contributed by atoms with Gasteiger partial charge in [-0.3, -0.25) is 14.5 Å². The number of aromatic nitrogens is 1. The number of nitrogens with zero attached hydrogens (tertiary/aromatic N) is 2. The van der Waals surface area contributed by atoms with Gasteiger partial charge < -0.3 is 14.6 Å². The minimum Gasteiger partial charge on any atom is -0.373 e. The summed E-state index contributed by atoms with van der Waals surface area (Å²) in [5, 5.41) is 0. The molecule has 3 rings (SSSR count). The minimum absolute atomic E-state index is 0.154. The maximum atomic E-state index is 12.6. The monoisotopic (exact) mass is 333 g/mol. The first-order valence-electron chi connectivity index (χ1n) is 8.82. The van der Waals surface area contributed by atoms with E-state index in [9.17, 15) is 9.59 Å². The fourth-order valence-electron chi connectivity index (χ4n) is 3.86. The van der Waals surface area contributed by atoms with Crippen LogP contribution in [0.15, 0.2) is 16.9 Å². The van der Waals surface area contributed by atoms with Gasteiger partial charge in [-0.25, -0.2) is 0 Å². The Labute approximate surface area is 142 Å². The van der Waals surface area contributed by atoms with Crippen LogP contribution in [0.1, 0.15) is 42.7 Å². The van der Waals surface area contributed by atoms with Crippen LogP contribution in [0.25, 0.3) is 0 Å². The largest absolute Gasteiger partial charge is 0.373 e. The number of pyridine rings is 1. The Kier molecular flexibility index (Phi) is 5.06. The van der Waals surface area contributed by atoms with Crippen molar-refractivity contribution >= 4 is 5.91 Å². The molecule has 0 aliphatic carbocycles. The molecule has 3 heterocycles. The first-order valence-corrected chi connectivity index (χ1v) is 8.82. The van der Waals surface area contributed by atoms with E-state index in [0.29, 0.717) is 19.1 Å². The van der Waals surface area contributed by atoms with Gasteiger partial charge in [0, 0.05) is 37.9 Å². The van der Waals surface area contributed by atoms with Crippen LogP contribution in [0.4, 0.5) is 0 Å². The average Bonchev–Trinajstić information content (AvgIpc) is 2.53. The quantitative estimate of drug-likeness (QED) is 0.888. The number of H-pyrrole nitrogens is 1. The molecule has 6 heteroatoms. The lowest BCUT2D eigenvalue weighted by molar-refractivity contribution is -0.0856. The van der Waals surface area contributed by atoms with Crippen molar-refractivity contribution in [2.75, 3.05) is 26.2 Å². The number of aromatic amines is 1. The van der Waals surface area contributed by atoms with E-state index in [1.165, 1.54) is 0 Å². The molecule has 0 bridgehead atoms. The van der Waals surface area contributed by atoms with Crippen molar-refractivity contribution in [3.8, 4) is 0 Å². The molecule has 2 aliphatic heterocycles. The van der Waals surface area contributed by atoms with Crippen LogP contribution < -0.4 is 5.56 Å². The first-order chi connectivity index (χ1) is 11.4. The molecule has 0 spiro atoms. The number of amides is 1. The summed E-state index contributed by atoms with van der Waals surface area (Å²) in [5.41, 5.74) is 0.719. The number of carbonyl (C=O) groups is 1. The van der Waals surface area contributed by atoms with E-state index in [-0.39, 0.29) is 29.2 Å². The van der Waals surface area contributed by atoms with Crippen molar-refractivity contribution in [2.45, 2.75) is 51.9 Å². The van der Waals surface area contributed by atoms with Crippen molar-refractivity contribution in [1.82, 2.24) is 14.8 Å². The van der Waals surface area contributed by atoms with Crippen LogP contribution >= 0.6 is 0 Å². The summed E-state index contributed by atoms with van der Waals surface area (Å²) in [5.74, 6) is -0.154. The van der Waals surface area contributed by atoms with Gasteiger partial charge in [-0.15, -0.1) is 0 Å². The minimum atomic E-state index is -0.294. The summed E-state index contributed by atoms with van der Waals surface area (Å²) in [4.78, 5) is 31.6. The Morgan fingerprint density at radius 1 is 1.17 bits per heavy atom. The van der Waals surface area contributed by atoms with Crippen molar-refractivity contribution < 1.29 is 9.53 Å². The average molecular weight is 333 g/mol. The van der Waals surface area contributed by atoms with Gasteiger partial charge in [0.15, 0.2) is 0 Å². The van der Waals surface area contributed by atoms with Gasteiger partial charge in [0.1, 0.15) is 5.56 Å². The van der Waals surface area contributed by atoms with Gasteiger partial charge in [0.05, 0.1) is 12.2 Å². The lowest BCUT2D eigenvalue weighted by Gasteiger charge is -2.43. The van der Waals surface area contributed by atoms with Crippen molar-refractivity contribution in [3.05, 3.63) is 33.7 Å². The van der Waals surface area contributed by atoms with Crippen molar-refractivity contribution in [3.63, 3.8) is 0 Å². The summed E-state index contributed by atoms with van der Waals surface area (Å²) in [6, 6.07) is 3.91. The molecule has 2 aliphatic rings. The van der Waals surface area contributed by atoms with E-state index < -0.39 is 0 Å². The maximum absolute atomic E-state index is 12.6. The molecule has 24 heavy (non-hydrogen) atoms. The second kappa shape index (κ2) is 7.07. The molecule has 2 saturated heterocycles. The molecule has 1 amide bonds. The second-order valence-corrected chi connectivity index (χ2v) is 7.12. The Morgan fingerprint density at radius 3 is 2.38 bits per heavy atom. The van der Waals surface area contributed by atoms with Gasteiger partial charge in [-0.1, -0.05) is 0 Å². The Morgan fingerprint density at radius 2 is 1.79 bits per heavy atom. The fourth-order valence-corrected chi connectivity index (χ4v) is 3.86. The normalized spacial score (nSPS) is 26.5. The number of aryl methyl sites for hydroxylation is 1. The Balaban J connectivity index is 1.60. The number of likely N-dealkylation sites (tertiary alicyclic amines) is 1. The number of piperidine rings is 1. The van der Waals surface area contributed by atoms with E-state index in [1.807, 2.05) is 11.8 Å². The van der Waals surface area contributed by atoms with Gasteiger partial charge in [0.2, 0.25) is 0 Å². The lowest BCUT2D eigenvalue weighted by atomic mass is 10.0. The molecule has 0 aromatic carbocycles. The van der Waals surface area contributed by atoms with E-state index >= 15 is 0 Å². The van der Waals surface area contributed by atoms with Crippen LogP contribution in [0.5, 0.6) is 0 Å². The molecular formula is C18H27N3O3. The van der Waals surface area contributed by atoms with Gasteiger partial charge in [0.25, 0.3) is 11.5 Å². The summed E-state index contributed by atoms with van der Waals surface area (Å²) in [6.45, 7) is 9.37. The molecule has 0 unspecified atom stereocenters. The third-order valence-electron chi connectivity index (χ3n) is 5.00. The second-order valence-electron chi connectivity index (χ2n) is 7.12. The molecule has 2 atom stereocenters. The van der Waals surface area contributed by atoms with Gasteiger partial charge in [-0.05, 0) is 45.7 Å². The van der Waals surface area contributed by atoms with E-state index in [2.05, 4.69) is 23.7 Å². The van der Waals surface area contributed by atoms with Gasteiger partial charge in [-0.2, -0.15) is 0 Å². The zero-order chi connectivity index (χ0) is 17.3. The summed E-state index contributed by atoms with van der Waals surface area (Å²) < 4.78 is 5.80. The molecular weight excluding hydrogens is 306 g/mol. The predicted octanol–water partition coefficient (Wildman–Crippen LogP) is 1.40. The number of morpholine rings is 1. The van der Waals surface area contributed by atoms with Crippen molar-refractivity contribution in [2.24, 2.45) is 0 Å². The lowest BCUT2D eigenvalue weighted by Crippen LogP contribution is -2.54. The third-order valence-corrected chi connectivity index (χ3v) is 5.00. The number of carbonyl (C=O) groups excluding carboxylic acids is 1. The molecule has 2 fully saturated rings. The number of hydrogen-bond donors (Lipinski definition) is 1. The van der Waals surface area contributed by atoms with Crippen LogP contribution in [0, 0.1) is 6.92 Å². The molecule has 0 radical (unpaired) electrons. The van der Waals surface area contributed by atoms with E-state index in [4.69, 9.17) is 4.74 Å². The van der Waals surface area contributed by atoms with E-state index in [0.717, 1.165) is 31.6 Å². The smallest absolute Gasteiger partial charge is 0.260 e. The highest BCUT2D eigenvalue weighted by Crippen LogP contribution is 2.22. The summed E-state index contributed by atoms with van der Waals surface area (Å²) in [6.07, 6.45) is 2.43. The molecule has 0 saturated carbocycles.